The molecule has 0 aliphatic rings. The Kier molecular flexibility index (Phi) is 7.27. The Morgan fingerprint density at radius 1 is 0.966 bits per heavy atom. The van der Waals surface area contributed by atoms with Gasteiger partial charge in [-0.25, -0.2) is 4.39 Å². The first-order chi connectivity index (χ1) is 14.0. The Morgan fingerprint density at radius 2 is 1.62 bits per heavy atom. The SMILES string of the molecule is O=C(CSc1ccc(Cl)cc1)O[C@H](C(=O)Nc1ccc(F)cc1)c1ccccc1. The molecule has 3 aromatic rings. The van der Waals surface area contributed by atoms with Crippen molar-refractivity contribution in [2.24, 2.45) is 0 Å². The molecule has 0 bridgehead atoms. The van der Waals surface area contributed by atoms with Crippen LogP contribution in [0.15, 0.2) is 83.8 Å². The highest BCUT2D eigenvalue weighted by molar-refractivity contribution is 8.00. The number of thioether (sulfide) groups is 1. The lowest BCUT2D eigenvalue weighted by Gasteiger charge is -2.18. The number of carbonyl (C=O) groups excluding carboxylic acids is 2. The van der Waals surface area contributed by atoms with Crippen molar-refractivity contribution in [3.05, 3.63) is 95.3 Å². The van der Waals surface area contributed by atoms with Gasteiger partial charge in [-0.15, -0.1) is 11.8 Å². The molecule has 0 spiro atoms. The molecule has 0 fully saturated rings. The molecule has 0 aliphatic carbocycles. The fraction of sp³-hybridized carbons (Fsp3) is 0.0909. The zero-order valence-electron chi connectivity index (χ0n) is 15.2. The van der Waals surface area contributed by atoms with Crippen molar-refractivity contribution < 1.29 is 18.7 Å². The minimum atomic E-state index is -1.13. The number of benzene rings is 3. The molecule has 4 nitrogen and oxygen atoms in total. The predicted octanol–water partition coefficient (Wildman–Crippen LogP) is 5.49. The summed E-state index contributed by atoms with van der Waals surface area (Å²) in [5, 5.41) is 3.26. The van der Waals surface area contributed by atoms with Gasteiger partial charge in [0.1, 0.15) is 5.82 Å². The molecule has 1 amide bonds. The Hall–Kier alpha value is -2.83. The van der Waals surface area contributed by atoms with Crippen LogP contribution in [0.3, 0.4) is 0 Å². The second kappa shape index (κ2) is 10.1. The van der Waals surface area contributed by atoms with Gasteiger partial charge in [0.15, 0.2) is 0 Å². The number of rotatable bonds is 7. The molecule has 29 heavy (non-hydrogen) atoms. The van der Waals surface area contributed by atoms with Gasteiger partial charge in [0, 0.05) is 21.2 Å². The van der Waals surface area contributed by atoms with E-state index in [-0.39, 0.29) is 5.75 Å². The van der Waals surface area contributed by atoms with E-state index in [4.69, 9.17) is 16.3 Å². The standard InChI is InChI=1S/C22H17ClFNO3S/c23-16-6-12-19(13-7-16)29-14-20(26)28-21(15-4-2-1-3-5-15)22(27)25-18-10-8-17(24)9-11-18/h1-13,21H,14H2,(H,25,27)/t21-/m0/s1. The Bertz CT molecular complexity index is 966. The first-order valence-electron chi connectivity index (χ1n) is 8.70. The van der Waals surface area contributed by atoms with Crippen LogP contribution in [0, 0.1) is 5.82 Å². The summed E-state index contributed by atoms with van der Waals surface area (Å²) in [5.74, 6) is -1.43. The predicted molar refractivity (Wildman–Crippen MR) is 112 cm³/mol. The molecular weight excluding hydrogens is 413 g/mol. The van der Waals surface area contributed by atoms with Gasteiger partial charge >= 0.3 is 5.97 Å². The van der Waals surface area contributed by atoms with Crippen LogP contribution in [-0.2, 0) is 14.3 Å². The number of esters is 1. The molecule has 0 saturated carbocycles. The van der Waals surface area contributed by atoms with E-state index in [2.05, 4.69) is 5.32 Å². The Labute approximate surface area is 177 Å². The first kappa shape index (κ1) is 20.9. The summed E-state index contributed by atoms with van der Waals surface area (Å²) in [6.07, 6.45) is -1.13. The summed E-state index contributed by atoms with van der Waals surface area (Å²) < 4.78 is 18.5. The summed E-state index contributed by atoms with van der Waals surface area (Å²) >= 11 is 7.14. The molecule has 7 heteroatoms. The first-order valence-corrected chi connectivity index (χ1v) is 10.1. The fourth-order valence-corrected chi connectivity index (χ4v) is 3.29. The largest absolute Gasteiger partial charge is 0.447 e. The van der Waals surface area contributed by atoms with E-state index in [1.807, 2.05) is 0 Å². The summed E-state index contributed by atoms with van der Waals surface area (Å²) in [6, 6.07) is 21.1. The second-order valence-electron chi connectivity index (χ2n) is 6.02. The van der Waals surface area contributed by atoms with Gasteiger partial charge in [-0.3, -0.25) is 9.59 Å². The van der Waals surface area contributed by atoms with E-state index in [0.29, 0.717) is 16.3 Å². The van der Waals surface area contributed by atoms with Crippen molar-refractivity contribution in [3.63, 3.8) is 0 Å². The number of carbonyl (C=O) groups is 2. The normalized spacial score (nSPS) is 11.5. The molecule has 0 aliphatic heterocycles. The zero-order chi connectivity index (χ0) is 20.6. The maximum atomic E-state index is 13.1. The van der Waals surface area contributed by atoms with Crippen LogP contribution >= 0.6 is 23.4 Å². The molecule has 0 radical (unpaired) electrons. The van der Waals surface area contributed by atoms with E-state index in [9.17, 15) is 14.0 Å². The van der Waals surface area contributed by atoms with Crippen LogP contribution in [0.4, 0.5) is 10.1 Å². The number of halogens is 2. The summed E-state index contributed by atoms with van der Waals surface area (Å²) in [5.41, 5.74) is 0.945. The molecule has 1 N–H and O–H groups in total. The molecule has 0 unspecified atom stereocenters. The average Bonchev–Trinajstić information content (AvgIpc) is 2.74. The van der Waals surface area contributed by atoms with Crippen LogP contribution in [0.2, 0.25) is 5.02 Å². The van der Waals surface area contributed by atoms with Crippen LogP contribution in [0.5, 0.6) is 0 Å². The number of nitrogens with one attached hydrogen (secondary N) is 1. The van der Waals surface area contributed by atoms with Crippen LogP contribution in [-0.4, -0.2) is 17.6 Å². The third-order valence-corrected chi connectivity index (χ3v) is 5.11. The Balaban J connectivity index is 1.68. The number of hydrogen-bond acceptors (Lipinski definition) is 4. The summed E-state index contributed by atoms with van der Waals surface area (Å²) in [7, 11) is 0. The Morgan fingerprint density at radius 3 is 2.28 bits per heavy atom. The maximum Gasteiger partial charge on any atom is 0.317 e. The quantitative estimate of drug-likeness (QED) is 0.398. The van der Waals surface area contributed by atoms with E-state index >= 15 is 0 Å². The van der Waals surface area contributed by atoms with Crippen molar-refractivity contribution in [1.82, 2.24) is 0 Å². The van der Waals surface area contributed by atoms with Gasteiger partial charge in [0.25, 0.3) is 5.91 Å². The van der Waals surface area contributed by atoms with Gasteiger partial charge in [0.05, 0.1) is 5.75 Å². The van der Waals surface area contributed by atoms with E-state index in [1.54, 1.807) is 54.6 Å². The lowest BCUT2D eigenvalue weighted by atomic mass is 10.1. The van der Waals surface area contributed by atoms with Crippen molar-refractivity contribution >= 4 is 40.9 Å². The third-order valence-electron chi connectivity index (χ3n) is 3.87. The average molecular weight is 430 g/mol. The van der Waals surface area contributed by atoms with Crippen molar-refractivity contribution in [1.29, 1.82) is 0 Å². The number of amides is 1. The molecule has 3 rings (SSSR count). The molecular formula is C22H17ClFNO3S. The lowest BCUT2D eigenvalue weighted by molar-refractivity contribution is -0.152. The van der Waals surface area contributed by atoms with Crippen molar-refractivity contribution in [3.8, 4) is 0 Å². The van der Waals surface area contributed by atoms with Gasteiger partial charge in [0.2, 0.25) is 6.10 Å². The van der Waals surface area contributed by atoms with Crippen molar-refractivity contribution in [2.45, 2.75) is 11.0 Å². The monoisotopic (exact) mass is 429 g/mol. The highest BCUT2D eigenvalue weighted by Crippen LogP contribution is 2.24. The second-order valence-corrected chi connectivity index (χ2v) is 7.50. The lowest BCUT2D eigenvalue weighted by Crippen LogP contribution is -2.26. The number of hydrogen-bond donors (Lipinski definition) is 1. The fourth-order valence-electron chi connectivity index (χ4n) is 2.48. The minimum Gasteiger partial charge on any atom is -0.447 e. The van der Waals surface area contributed by atoms with Gasteiger partial charge in [-0.2, -0.15) is 0 Å². The van der Waals surface area contributed by atoms with Crippen LogP contribution < -0.4 is 5.32 Å². The summed E-state index contributed by atoms with van der Waals surface area (Å²) in [6.45, 7) is 0. The van der Waals surface area contributed by atoms with Crippen LogP contribution in [0.1, 0.15) is 11.7 Å². The zero-order valence-corrected chi connectivity index (χ0v) is 16.8. The molecule has 0 saturated heterocycles. The molecule has 0 heterocycles. The minimum absolute atomic E-state index is 0.0365. The molecule has 0 aromatic heterocycles. The smallest absolute Gasteiger partial charge is 0.317 e. The van der Waals surface area contributed by atoms with Gasteiger partial charge in [-0.1, -0.05) is 41.9 Å². The topological polar surface area (TPSA) is 55.4 Å². The third kappa shape index (κ3) is 6.34. The number of ether oxygens (including phenoxy) is 1. The molecule has 3 aromatic carbocycles. The summed E-state index contributed by atoms with van der Waals surface area (Å²) in [4.78, 5) is 26.0. The molecule has 1 atom stereocenters. The highest BCUT2D eigenvalue weighted by Gasteiger charge is 2.25. The highest BCUT2D eigenvalue weighted by atomic mass is 35.5. The van der Waals surface area contributed by atoms with Crippen LogP contribution in [0.25, 0.3) is 0 Å². The van der Waals surface area contributed by atoms with E-state index in [0.717, 1.165) is 4.90 Å². The van der Waals surface area contributed by atoms with Gasteiger partial charge in [-0.05, 0) is 48.5 Å². The number of anilines is 1. The van der Waals surface area contributed by atoms with E-state index in [1.165, 1.54) is 36.0 Å². The van der Waals surface area contributed by atoms with E-state index < -0.39 is 23.8 Å². The maximum absolute atomic E-state index is 13.1. The molecule has 148 valence electrons. The van der Waals surface area contributed by atoms with Gasteiger partial charge < -0.3 is 10.1 Å². The van der Waals surface area contributed by atoms with Crippen molar-refractivity contribution in [2.75, 3.05) is 11.1 Å².